The fraction of sp³-hybridized carbons (Fsp3) is 0.385. The summed E-state index contributed by atoms with van der Waals surface area (Å²) < 4.78 is 0. The Morgan fingerprint density at radius 3 is 2.57 bits per heavy atom. The maximum absolute atomic E-state index is 3.78. The van der Waals surface area contributed by atoms with Crippen LogP contribution in [-0.2, 0) is 6.42 Å². The summed E-state index contributed by atoms with van der Waals surface area (Å²) in [5.41, 5.74) is 2.65. The third-order valence-electron chi connectivity index (χ3n) is 2.51. The molecule has 0 aliphatic rings. The van der Waals surface area contributed by atoms with Crippen molar-refractivity contribution in [3.8, 4) is 0 Å². The van der Waals surface area contributed by atoms with Gasteiger partial charge in [-0.1, -0.05) is 24.3 Å². The first kappa shape index (κ1) is 10.8. The number of hydrogen-bond acceptors (Lipinski definition) is 1. The zero-order valence-electron chi connectivity index (χ0n) is 9.33. The van der Waals surface area contributed by atoms with Crippen LogP contribution in [0, 0.1) is 0 Å². The smallest absolute Gasteiger partial charge is 0.0401 e. The van der Waals surface area contributed by atoms with E-state index in [1.807, 2.05) is 6.08 Å². The molecular formula is C13H19N. The molecule has 1 nitrogen and oxygen atoms in total. The van der Waals surface area contributed by atoms with E-state index in [4.69, 9.17) is 0 Å². The van der Waals surface area contributed by atoms with Gasteiger partial charge in [-0.05, 0) is 31.9 Å². The molecule has 0 saturated carbocycles. The maximum atomic E-state index is 3.78. The third-order valence-corrected chi connectivity index (χ3v) is 2.51. The van der Waals surface area contributed by atoms with Gasteiger partial charge >= 0.3 is 0 Å². The average molecular weight is 189 g/mol. The normalized spacial score (nSPS) is 10.3. The van der Waals surface area contributed by atoms with Crippen molar-refractivity contribution >= 4 is 5.69 Å². The molecule has 0 unspecified atom stereocenters. The second kappa shape index (κ2) is 4.85. The van der Waals surface area contributed by atoms with Crippen molar-refractivity contribution < 1.29 is 0 Å². The van der Waals surface area contributed by atoms with Crippen LogP contribution >= 0.6 is 0 Å². The van der Waals surface area contributed by atoms with E-state index in [0.29, 0.717) is 6.04 Å². The zero-order chi connectivity index (χ0) is 10.6. The predicted molar refractivity (Wildman–Crippen MR) is 63.9 cm³/mol. The van der Waals surface area contributed by atoms with Gasteiger partial charge in [0.25, 0.3) is 0 Å². The fourth-order valence-corrected chi connectivity index (χ4v) is 1.46. The predicted octanol–water partition coefficient (Wildman–Crippen LogP) is 3.26. The van der Waals surface area contributed by atoms with Crippen LogP contribution in [0.25, 0.3) is 0 Å². The summed E-state index contributed by atoms with van der Waals surface area (Å²) in [7, 11) is 2.13. The molecule has 0 saturated heterocycles. The number of allylic oxidation sites excluding steroid dienone is 1. The van der Waals surface area contributed by atoms with Crippen molar-refractivity contribution in [3.05, 3.63) is 42.5 Å². The van der Waals surface area contributed by atoms with Crippen LogP contribution in [0.4, 0.5) is 5.69 Å². The lowest BCUT2D eigenvalue weighted by Gasteiger charge is -2.26. The van der Waals surface area contributed by atoms with Gasteiger partial charge in [0.05, 0.1) is 0 Å². The lowest BCUT2D eigenvalue weighted by atomic mass is 10.1. The summed E-state index contributed by atoms with van der Waals surface area (Å²) in [5.74, 6) is 0. The molecule has 0 aromatic heterocycles. The average Bonchev–Trinajstić information content (AvgIpc) is 2.18. The number of para-hydroxylation sites is 1. The Balaban J connectivity index is 2.99. The zero-order valence-corrected chi connectivity index (χ0v) is 9.33. The number of hydrogen-bond donors (Lipinski definition) is 0. The molecule has 0 atom stereocenters. The second-order valence-electron chi connectivity index (χ2n) is 3.83. The third kappa shape index (κ3) is 2.38. The summed E-state index contributed by atoms with van der Waals surface area (Å²) in [6, 6.07) is 9.02. The molecule has 0 fully saturated rings. The van der Waals surface area contributed by atoms with E-state index >= 15 is 0 Å². The highest BCUT2D eigenvalue weighted by molar-refractivity contribution is 5.54. The monoisotopic (exact) mass is 189 g/mol. The highest BCUT2D eigenvalue weighted by atomic mass is 15.1. The van der Waals surface area contributed by atoms with Gasteiger partial charge in [-0.3, -0.25) is 0 Å². The first-order chi connectivity index (χ1) is 6.66. The molecule has 0 spiro atoms. The van der Waals surface area contributed by atoms with E-state index in [1.165, 1.54) is 11.3 Å². The van der Waals surface area contributed by atoms with Crippen LogP contribution in [-0.4, -0.2) is 13.1 Å². The van der Waals surface area contributed by atoms with Crippen LogP contribution < -0.4 is 4.90 Å². The molecule has 1 aromatic rings. The molecule has 1 rings (SSSR count). The van der Waals surface area contributed by atoms with E-state index in [2.05, 4.69) is 56.6 Å². The minimum Gasteiger partial charge on any atom is -0.372 e. The first-order valence-corrected chi connectivity index (χ1v) is 5.08. The first-order valence-electron chi connectivity index (χ1n) is 5.08. The minimum atomic E-state index is 0.529. The Hall–Kier alpha value is -1.24. The second-order valence-corrected chi connectivity index (χ2v) is 3.83. The molecule has 0 heterocycles. The van der Waals surface area contributed by atoms with Crippen molar-refractivity contribution in [3.63, 3.8) is 0 Å². The van der Waals surface area contributed by atoms with Crippen molar-refractivity contribution in [2.45, 2.75) is 26.3 Å². The summed E-state index contributed by atoms with van der Waals surface area (Å²) >= 11 is 0. The minimum absolute atomic E-state index is 0.529. The number of nitrogens with zero attached hydrogens (tertiary/aromatic N) is 1. The maximum Gasteiger partial charge on any atom is 0.0401 e. The highest BCUT2D eigenvalue weighted by Gasteiger charge is 2.07. The highest BCUT2D eigenvalue weighted by Crippen LogP contribution is 2.21. The standard InChI is InChI=1S/C13H19N/c1-5-8-12-9-6-7-10-13(12)14(4)11(2)3/h5-7,9-11H,1,8H2,2-4H3. The molecule has 0 amide bonds. The summed E-state index contributed by atoms with van der Waals surface area (Å²) in [5, 5.41) is 0. The van der Waals surface area contributed by atoms with Crippen molar-refractivity contribution in [2.75, 3.05) is 11.9 Å². The lowest BCUT2D eigenvalue weighted by Crippen LogP contribution is -2.26. The molecule has 0 bridgehead atoms. The van der Waals surface area contributed by atoms with Gasteiger partial charge in [0.2, 0.25) is 0 Å². The Kier molecular flexibility index (Phi) is 3.75. The van der Waals surface area contributed by atoms with Gasteiger partial charge in [0.1, 0.15) is 0 Å². The molecule has 76 valence electrons. The van der Waals surface area contributed by atoms with E-state index in [-0.39, 0.29) is 0 Å². The topological polar surface area (TPSA) is 3.24 Å². The molecule has 0 N–H and O–H groups in total. The van der Waals surface area contributed by atoms with Crippen molar-refractivity contribution in [1.29, 1.82) is 0 Å². The van der Waals surface area contributed by atoms with E-state index in [1.54, 1.807) is 0 Å². The van der Waals surface area contributed by atoms with Gasteiger partial charge in [0, 0.05) is 18.8 Å². The Bertz CT molecular complexity index is 302. The van der Waals surface area contributed by atoms with Crippen molar-refractivity contribution in [1.82, 2.24) is 0 Å². The SMILES string of the molecule is C=CCc1ccccc1N(C)C(C)C. The van der Waals surface area contributed by atoms with Crippen LogP contribution in [0.2, 0.25) is 0 Å². The van der Waals surface area contributed by atoms with E-state index < -0.39 is 0 Å². The quantitative estimate of drug-likeness (QED) is 0.657. The largest absolute Gasteiger partial charge is 0.372 e. The Morgan fingerprint density at radius 1 is 1.36 bits per heavy atom. The van der Waals surface area contributed by atoms with Gasteiger partial charge in [-0.2, -0.15) is 0 Å². The van der Waals surface area contributed by atoms with Gasteiger partial charge < -0.3 is 4.90 Å². The number of rotatable bonds is 4. The lowest BCUT2D eigenvalue weighted by molar-refractivity contribution is 0.751. The molecule has 0 aliphatic carbocycles. The summed E-state index contributed by atoms with van der Waals surface area (Å²) in [6.07, 6.45) is 2.89. The van der Waals surface area contributed by atoms with Gasteiger partial charge in [-0.15, -0.1) is 6.58 Å². The Labute approximate surface area is 87.1 Å². The van der Waals surface area contributed by atoms with E-state index in [9.17, 15) is 0 Å². The molecule has 0 radical (unpaired) electrons. The molecule has 1 heteroatoms. The van der Waals surface area contributed by atoms with Gasteiger partial charge in [-0.25, -0.2) is 0 Å². The number of benzene rings is 1. The number of anilines is 1. The van der Waals surface area contributed by atoms with Crippen LogP contribution in [0.1, 0.15) is 19.4 Å². The van der Waals surface area contributed by atoms with E-state index in [0.717, 1.165) is 6.42 Å². The van der Waals surface area contributed by atoms with Crippen LogP contribution in [0.5, 0.6) is 0 Å². The van der Waals surface area contributed by atoms with Crippen LogP contribution in [0.15, 0.2) is 36.9 Å². The molecular weight excluding hydrogens is 170 g/mol. The van der Waals surface area contributed by atoms with Gasteiger partial charge in [0.15, 0.2) is 0 Å². The van der Waals surface area contributed by atoms with Crippen LogP contribution in [0.3, 0.4) is 0 Å². The summed E-state index contributed by atoms with van der Waals surface area (Å²) in [4.78, 5) is 2.29. The molecule has 0 aliphatic heterocycles. The van der Waals surface area contributed by atoms with Crippen molar-refractivity contribution in [2.24, 2.45) is 0 Å². The molecule has 14 heavy (non-hydrogen) atoms. The Morgan fingerprint density at radius 2 is 2.00 bits per heavy atom. The summed E-state index contributed by atoms with van der Waals surface area (Å²) in [6.45, 7) is 8.18. The fourth-order valence-electron chi connectivity index (χ4n) is 1.46. The molecule has 1 aromatic carbocycles.